The van der Waals surface area contributed by atoms with Gasteiger partial charge in [0.25, 0.3) is 0 Å². The number of nitrogens with zero attached hydrogens (tertiary/aromatic N) is 1. The second-order valence-corrected chi connectivity index (χ2v) is 6.89. The molecule has 0 spiro atoms. The molecule has 1 aliphatic heterocycles. The number of rotatable bonds is 2. The maximum Gasteiger partial charge on any atom is 0.0363 e. The summed E-state index contributed by atoms with van der Waals surface area (Å²) < 4.78 is 0. The molecule has 0 radical (unpaired) electrons. The summed E-state index contributed by atoms with van der Waals surface area (Å²) in [6.07, 6.45) is 0. The second-order valence-electron chi connectivity index (χ2n) is 5.43. The van der Waals surface area contributed by atoms with E-state index in [0.29, 0.717) is 6.04 Å². The first-order valence-electron chi connectivity index (χ1n) is 6.73. The Morgan fingerprint density at radius 2 is 2.05 bits per heavy atom. The molecule has 1 unspecified atom stereocenters. The van der Waals surface area contributed by atoms with Crippen LogP contribution < -0.4 is 5.73 Å². The third-order valence-corrected chi connectivity index (χ3v) is 5.10. The van der Waals surface area contributed by atoms with Gasteiger partial charge in [0, 0.05) is 34.6 Å². The molecular formula is C16H20N2S. The summed E-state index contributed by atoms with van der Waals surface area (Å²) in [5.74, 6) is 0. The Balaban J connectivity index is 1.87. The number of anilines is 1. The lowest BCUT2D eigenvalue weighted by atomic mass is 10.1. The van der Waals surface area contributed by atoms with E-state index in [4.69, 9.17) is 5.73 Å². The Kier molecular flexibility index (Phi) is 3.11. The topological polar surface area (TPSA) is 29.3 Å². The van der Waals surface area contributed by atoms with Crippen LogP contribution in [0, 0.1) is 13.8 Å². The average Bonchev–Trinajstić information content (AvgIpc) is 2.93. The van der Waals surface area contributed by atoms with Gasteiger partial charge in [-0.25, -0.2) is 0 Å². The van der Waals surface area contributed by atoms with Crippen LogP contribution >= 0.6 is 11.3 Å². The number of hydrogen-bond acceptors (Lipinski definition) is 3. The van der Waals surface area contributed by atoms with E-state index in [-0.39, 0.29) is 0 Å². The highest BCUT2D eigenvalue weighted by molar-refractivity contribution is 7.12. The van der Waals surface area contributed by atoms with Crippen LogP contribution in [0.1, 0.15) is 39.4 Å². The fourth-order valence-electron chi connectivity index (χ4n) is 3.01. The molecule has 1 aromatic heterocycles. The van der Waals surface area contributed by atoms with Crippen molar-refractivity contribution in [2.75, 3.05) is 5.73 Å². The summed E-state index contributed by atoms with van der Waals surface area (Å²) in [5.41, 5.74) is 11.2. The summed E-state index contributed by atoms with van der Waals surface area (Å²) in [5, 5.41) is 0. The molecule has 1 atom stereocenters. The lowest BCUT2D eigenvalue weighted by Crippen LogP contribution is -2.21. The van der Waals surface area contributed by atoms with Gasteiger partial charge in [-0.3, -0.25) is 4.90 Å². The van der Waals surface area contributed by atoms with Crippen molar-refractivity contribution in [1.82, 2.24) is 4.90 Å². The maximum atomic E-state index is 6.08. The molecule has 0 bridgehead atoms. The Bertz CT molecular complexity index is 615. The molecule has 0 amide bonds. The van der Waals surface area contributed by atoms with E-state index in [1.165, 1.54) is 26.4 Å². The number of hydrogen-bond donors (Lipinski definition) is 1. The van der Waals surface area contributed by atoms with Crippen LogP contribution in [0.25, 0.3) is 0 Å². The van der Waals surface area contributed by atoms with E-state index in [9.17, 15) is 0 Å². The zero-order valence-corrected chi connectivity index (χ0v) is 12.6. The van der Waals surface area contributed by atoms with Gasteiger partial charge in [0.1, 0.15) is 0 Å². The molecule has 1 aromatic carbocycles. The average molecular weight is 272 g/mol. The minimum Gasteiger partial charge on any atom is -0.398 e. The lowest BCUT2D eigenvalue weighted by Gasteiger charge is -2.24. The number of thiophene rings is 1. The third kappa shape index (κ3) is 2.17. The number of fused-ring (bicyclic) bond motifs is 1. The zero-order chi connectivity index (χ0) is 13.6. The van der Waals surface area contributed by atoms with Crippen molar-refractivity contribution in [2.45, 2.75) is 39.9 Å². The monoisotopic (exact) mass is 272 g/mol. The predicted molar refractivity (Wildman–Crippen MR) is 82.3 cm³/mol. The molecule has 0 saturated carbocycles. The number of benzene rings is 1. The number of nitrogens with two attached hydrogens (primary N) is 1. The van der Waals surface area contributed by atoms with Gasteiger partial charge in [0.15, 0.2) is 0 Å². The predicted octanol–water partition coefficient (Wildman–Crippen LogP) is 4.02. The van der Waals surface area contributed by atoms with Crippen molar-refractivity contribution in [3.63, 3.8) is 0 Å². The fourth-order valence-corrected chi connectivity index (χ4v) is 4.03. The smallest absolute Gasteiger partial charge is 0.0363 e. The summed E-state index contributed by atoms with van der Waals surface area (Å²) >= 11 is 1.89. The van der Waals surface area contributed by atoms with E-state index >= 15 is 0 Å². The highest BCUT2D eigenvalue weighted by Crippen LogP contribution is 2.36. The van der Waals surface area contributed by atoms with Gasteiger partial charge in [-0.15, -0.1) is 11.3 Å². The highest BCUT2D eigenvalue weighted by atomic mass is 32.1. The van der Waals surface area contributed by atoms with Gasteiger partial charge < -0.3 is 5.73 Å². The van der Waals surface area contributed by atoms with Crippen LogP contribution in [0.4, 0.5) is 5.69 Å². The molecule has 2 nitrogen and oxygen atoms in total. The first-order chi connectivity index (χ1) is 9.06. The molecule has 19 heavy (non-hydrogen) atoms. The molecule has 2 heterocycles. The van der Waals surface area contributed by atoms with Crippen LogP contribution in [0.3, 0.4) is 0 Å². The minimum absolute atomic E-state index is 0.455. The molecule has 3 rings (SSSR count). The minimum atomic E-state index is 0.455. The van der Waals surface area contributed by atoms with E-state index < -0.39 is 0 Å². The van der Waals surface area contributed by atoms with Gasteiger partial charge in [-0.05, 0) is 49.6 Å². The van der Waals surface area contributed by atoms with Gasteiger partial charge in [-0.2, -0.15) is 0 Å². The molecular weight excluding hydrogens is 252 g/mol. The zero-order valence-electron chi connectivity index (χ0n) is 11.7. The first kappa shape index (κ1) is 12.7. The molecule has 3 heteroatoms. The van der Waals surface area contributed by atoms with Crippen LogP contribution in [0.2, 0.25) is 0 Å². The van der Waals surface area contributed by atoms with Crippen molar-refractivity contribution >= 4 is 17.0 Å². The van der Waals surface area contributed by atoms with Crippen LogP contribution in [-0.4, -0.2) is 4.90 Å². The quantitative estimate of drug-likeness (QED) is 0.837. The molecule has 100 valence electrons. The van der Waals surface area contributed by atoms with Crippen LogP contribution in [0.5, 0.6) is 0 Å². The van der Waals surface area contributed by atoms with Gasteiger partial charge >= 0.3 is 0 Å². The molecule has 2 aromatic rings. The number of aryl methyl sites for hydroxylation is 2. The molecule has 0 fully saturated rings. The van der Waals surface area contributed by atoms with Crippen molar-refractivity contribution in [2.24, 2.45) is 0 Å². The van der Waals surface area contributed by atoms with E-state index in [2.05, 4.69) is 43.9 Å². The largest absolute Gasteiger partial charge is 0.398 e. The fraction of sp³-hybridized carbons (Fsp3) is 0.375. The Hall–Kier alpha value is -1.32. The SMILES string of the molecule is Cc1cc(C(C)N2Cc3cccc(N)c3C2)c(C)s1. The van der Waals surface area contributed by atoms with Crippen molar-refractivity contribution in [1.29, 1.82) is 0 Å². The third-order valence-electron chi connectivity index (χ3n) is 4.12. The van der Waals surface area contributed by atoms with Crippen molar-refractivity contribution in [3.8, 4) is 0 Å². The summed E-state index contributed by atoms with van der Waals surface area (Å²) in [6.45, 7) is 8.69. The maximum absolute atomic E-state index is 6.08. The van der Waals surface area contributed by atoms with E-state index in [1.807, 2.05) is 17.4 Å². The lowest BCUT2D eigenvalue weighted by molar-refractivity contribution is 0.215. The molecule has 2 N–H and O–H groups in total. The standard InChI is InChI=1S/C16H20N2S/c1-10-7-14(12(3)19-10)11(2)18-8-13-5-4-6-16(17)15(13)9-18/h4-7,11H,8-9,17H2,1-3H3. The van der Waals surface area contributed by atoms with Gasteiger partial charge in [-0.1, -0.05) is 12.1 Å². The van der Waals surface area contributed by atoms with E-state index in [0.717, 1.165) is 18.8 Å². The van der Waals surface area contributed by atoms with Crippen LogP contribution in [-0.2, 0) is 13.1 Å². The Morgan fingerprint density at radius 1 is 1.26 bits per heavy atom. The van der Waals surface area contributed by atoms with Crippen molar-refractivity contribution < 1.29 is 0 Å². The number of nitrogen functional groups attached to an aromatic ring is 1. The first-order valence-corrected chi connectivity index (χ1v) is 7.55. The summed E-state index contributed by atoms with van der Waals surface area (Å²) in [6, 6.07) is 9.05. The van der Waals surface area contributed by atoms with Gasteiger partial charge in [0.05, 0.1) is 0 Å². The van der Waals surface area contributed by atoms with Crippen molar-refractivity contribution in [3.05, 3.63) is 50.7 Å². The van der Waals surface area contributed by atoms with Gasteiger partial charge in [0.2, 0.25) is 0 Å². The molecule has 0 aliphatic carbocycles. The molecule has 1 aliphatic rings. The molecule has 0 saturated heterocycles. The summed E-state index contributed by atoms with van der Waals surface area (Å²) in [4.78, 5) is 5.35. The van der Waals surface area contributed by atoms with E-state index in [1.54, 1.807) is 0 Å². The Morgan fingerprint density at radius 3 is 2.68 bits per heavy atom. The Labute approximate surface area is 118 Å². The summed E-state index contributed by atoms with van der Waals surface area (Å²) in [7, 11) is 0. The normalized spacial score (nSPS) is 16.6. The highest BCUT2D eigenvalue weighted by Gasteiger charge is 2.26. The second kappa shape index (κ2) is 4.66. The van der Waals surface area contributed by atoms with Crippen LogP contribution in [0.15, 0.2) is 24.3 Å².